The van der Waals surface area contributed by atoms with E-state index in [2.05, 4.69) is 0 Å². The van der Waals surface area contributed by atoms with Crippen molar-refractivity contribution in [2.24, 2.45) is 0 Å². The molecular weight excluding hydrogens is 410 g/mol. The lowest BCUT2D eigenvalue weighted by Crippen LogP contribution is -2.28. The SMILES string of the molecule is CCCN1C(=O)/C(=C\c2cc(Cl)c(OCC(=O)OCC)c(OC)c2)SC1=S. The van der Waals surface area contributed by atoms with Gasteiger partial charge in [-0.15, -0.1) is 0 Å². The summed E-state index contributed by atoms with van der Waals surface area (Å²) in [5.74, 6) is -0.0335. The summed E-state index contributed by atoms with van der Waals surface area (Å²) in [7, 11) is 1.47. The van der Waals surface area contributed by atoms with Gasteiger partial charge in [-0.2, -0.15) is 0 Å². The van der Waals surface area contributed by atoms with E-state index < -0.39 is 5.97 Å². The molecule has 1 aliphatic rings. The van der Waals surface area contributed by atoms with Gasteiger partial charge in [-0.3, -0.25) is 9.69 Å². The second-order valence-electron chi connectivity index (χ2n) is 5.46. The number of amides is 1. The zero-order chi connectivity index (χ0) is 20.0. The van der Waals surface area contributed by atoms with Crippen molar-refractivity contribution in [3.63, 3.8) is 0 Å². The van der Waals surface area contributed by atoms with Crippen LogP contribution >= 0.6 is 35.6 Å². The predicted molar refractivity (Wildman–Crippen MR) is 110 cm³/mol. The van der Waals surface area contributed by atoms with Gasteiger partial charge in [0.15, 0.2) is 18.1 Å². The Labute approximate surface area is 172 Å². The van der Waals surface area contributed by atoms with Gasteiger partial charge in [0.1, 0.15) is 4.32 Å². The summed E-state index contributed by atoms with van der Waals surface area (Å²) in [6.07, 6.45) is 2.53. The number of thioether (sulfide) groups is 1. The van der Waals surface area contributed by atoms with Gasteiger partial charge in [-0.25, -0.2) is 4.79 Å². The molecule has 0 spiro atoms. The molecule has 0 radical (unpaired) electrons. The molecule has 1 aliphatic heterocycles. The molecule has 1 aromatic carbocycles. The minimum Gasteiger partial charge on any atom is -0.493 e. The highest BCUT2D eigenvalue weighted by Gasteiger charge is 2.31. The number of nitrogens with zero attached hydrogens (tertiary/aromatic N) is 1. The van der Waals surface area contributed by atoms with Crippen LogP contribution in [0.1, 0.15) is 25.8 Å². The molecule has 27 heavy (non-hydrogen) atoms. The zero-order valence-corrected chi connectivity index (χ0v) is 17.6. The van der Waals surface area contributed by atoms with Crippen LogP contribution in [0.25, 0.3) is 6.08 Å². The molecule has 0 N–H and O–H groups in total. The number of thiocarbonyl (C=S) groups is 1. The molecule has 9 heteroatoms. The number of carbonyl (C=O) groups excluding carboxylic acids is 2. The Morgan fingerprint density at radius 1 is 1.37 bits per heavy atom. The Morgan fingerprint density at radius 2 is 2.11 bits per heavy atom. The third-order valence-electron chi connectivity index (χ3n) is 3.51. The molecule has 0 aromatic heterocycles. The predicted octanol–water partition coefficient (Wildman–Crippen LogP) is 3.90. The van der Waals surface area contributed by atoms with Crippen molar-refractivity contribution in [3.8, 4) is 11.5 Å². The lowest BCUT2D eigenvalue weighted by atomic mass is 10.1. The van der Waals surface area contributed by atoms with Gasteiger partial charge in [0, 0.05) is 6.54 Å². The van der Waals surface area contributed by atoms with Crippen LogP contribution in [-0.2, 0) is 14.3 Å². The Balaban J connectivity index is 2.24. The number of carbonyl (C=O) groups is 2. The van der Waals surface area contributed by atoms with Crippen LogP contribution in [0.4, 0.5) is 0 Å². The molecule has 2 rings (SSSR count). The Kier molecular flexibility index (Phi) is 7.94. The van der Waals surface area contributed by atoms with Gasteiger partial charge >= 0.3 is 5.97 Å². The normalized spacial score (nSPS) is 15.4. The van der Waals surface area contributed by atoms with E-state index in [1.54, 1.807) is 30.0 Å². The number of esters is 1. The first-order valence-corrected chi connectivity index (χ1v) is 9.92. The minimum atomic E-state index is -0.501. The summed E-state index contributed by atoms with van der Waals surface area (Å²) in [4.78, 5) is 26.0. The average molecular weight is 430 g/mol. The smallest absolute Gasteiger partial charge is 0.344 e. The van der Waals surface area contributed by atoms with E-state index in [0.29, 0.717) is 27.1 Å². The molecule has 1 saturated heterocycles. The summed E-state index contributed by atoms with van der Waals surface area (Å²) in [5.41, 5.74) is 0.664. The number of ether oxygens (including phenoxy) is 3. The molecule has 0 atom stereocenters. The monoisotopic (exact) mass is 429 g/mol. The van der Waals surface area contributed by atoms with Gasteiger partial charge in [0.2, 0.25) is 0 Å². The minimum absolute atomic E-state index is 0.121. The van der Waals surface area contributed by atoms with E-state index in [-0.39, 0.29) is 29.9 Å². The fraction of sp³-hybridized carbons (Fsp3) is 0.389. The van der Waals surface area contributed by atoms with E-state index in [4.69, 9.17) is 38.0 Å². The van der Waals surface area contributed by atoms with Gasteiger partial charge in [0.25, 0.3) is 5.91 Å². The van der Waals surface area contributed by atoms with Crippen LogP contribution in [0.5, 0.6) is 11.5 Å². The maximum Gasteiger partial charge on any atom is 0.344 e. The standard InChI is InChI=1S/C18H20ClNO5S2/c1-4-6-20-17(22)14(27-18(20)26)9-11-7-12(19)16(13(8-11)23-3)25-10-15(21)24-5-2/h7-9H,4-6,10H2,1-3H3/b14-9+. The highest BCUT2D eigenvalue weighted by molar-refractivity contribution is 8.26. The van der Waals surface area contributed by atoms with Crippen molar-refractivity contribution in [2.75, 3.05) is 26.9 Å². The van der Waals surface area contributed by atoms with Crippen molar-refractivity contribution in [1.29, 1.82) is 0 Å². The molecule has 1 fully saturated rings. The molecule has 1 heterocycles. The second kappa shape index (κ2) is 9.96. The van der Waals surface area contributed by atoms with Crippen LogP contribution in [-0.4, -0.2) is 48.0 Å². The summed E-state index contributed by atoms with van der Waals surface area (Å²) in [5, 5.41) is 0.258. The van der Waals surface area contributed by atoms with Crippen LogP contribution in [0.15, 0.2) is 17.0 Å². The maximum atomic E-state index is 12.5. The summed E-state index contributed by atoms with van der Waals surface area (Å²) < 4.78 is 16.1. The number of hydrogen-bond donors (Lipinski definition) is 0. The maximum absolute atomic E-state index is 12.5. The fourth-order valence-electron chi connectivity index (χ4n) is 2.36. The topological polar surface area (TPSA) is 65.1 Å². The van der Waals surface area contributed by atoms with Gasteiger partial charge in [-0.1, -0.05) is 42.5 Å². The van der Waals surface area contributed by atoms with Crippen LogP contribution in [0.2, 0.25) is 5.02 Å². The number of rotatable bonds is 8. The van der Waals surface area contributed by atoms with Gasteiger partial charge in [-0.05, 0) is 37.1 Å². The Bertz CT molecular complexity index is 781. The van der Waals surface area contributed by atoms with E-state index in [0.717, 1.165) is 6.42 Å². The first-order valence-electron chi connectivity index (χ1n) is 8.32. The largest absolute Gasteiger partial charge is 0.493 e. The summed E-state index contributed by atoms with van der Waals surface area (Å²) in [6, 6.07) is 3.32. The average Bonchev–Trinajstić information content (AvgIpc) is 2.88. The molecule has 6 nitrogen and oxygen atoms in total. The van der Waals surface area contributed by atoms with Crippen molar-refractivity contribution in [3.05, 3.63) is 27.6 Å². The summed E-state index contributed by atoms with van der Waals surface area (Å²) >= 11 is 12.8. The lowest BCUT2D eigenvalue weighted by Gasteiger charge is -2.13. The van der Waals surface area contributed by atoms with Gasteiger partial charge < -0.3 is 14.2 Å². The van der Waals surface area contributed by atoms with E-state index in [1.807, 2.05) is 6.92 Å². The molecule has 0 saturated carbocycles. The third kappa shape index (κ3) is 5.37. The number of benzene rings is 1. The molecule has 0 bridgehead atoms. The molecule has 1 amide bonds. The van der Waals surface area contributed by atoms with Crippen molar-refractivity contribution < 1.29 is 23.8 Å². The zero-order valence-electron chi connectivity index (χ0n) is 15.2. The number of halogens is 1. The van der Waals surface area contributed by atoms with E-state index in [9.17, 15) is 9.59 Å². The van der Waals surface area contributed by atoms with Gasteiger partial charge in [0.05, 0.1) is 23.6 Å². The number of hydrogen-bond acceptors (Lipinski definition) is 7. The quantitative estimate of drug-likeness (QED) is 0.352. The van der Waals surface area contributed by atoms with Crippen molar-refractivity contribution >= 4 is 57.9 Å². The van der Waals surface area contributed by atoms with Crippen molar-refractivity contribution in [2.45, 2.75) is 20.3 Å². The van der Waals surface area contributed by atoms with Crippen LogP contribution in [0.3, 0.4) is 0 Å². The lowest BCUT2D eigenvalue weighted by molar-refractivity contribution is -0.145. The van der Waals surface area contributed by atoms with Crippen LogP contribution in [0, 0.1) is 0 Å². The molecule has 146 valence electrons. The van der Waals surface area contributed by atoms with E-state index >= 15 is 0 Å². The first-order chi connectivity index (χ1) is 12.9. The molecule has 0 unspecified atom stereocenters. The summed E-state index contributed by atoms with van der Waals surface area (Å²) in [6.45, 7) is 4.28. The molecule has 0 aliphatic carbocycles. The highest BCUT2D eigenvalue weighted by atomic mass is 35.5. The first kappa shape index (κ1) is 21.5. The highest BCUT2D eigenvalue weighted by Crippen LogP contribution is 2.39. The Morgan fingerprint density at radius 3 is 2.74 bits per heavy atom. The molecular formula is C18H20ClNO5S2. The Hall–Kier alpha value is -1.77. The fourth-order valence-corrected chi connectivity index (χ4v) is 3.95. The van der Waals surface area contributed by atoms with E-state index in [1.165, 1.54) is 18.9 Å². The second-order valence-corrected chi connectivity index (χ2v) is 7.54. The molecule has 1 aromatic rings. The van der Waals surface area contributed by atoms with Crippen LogP contribution < -0.4 is 9.47 Å². The number of methoxy groups -OCH3 is 1. The third-order valence-corrected chi connectivity index (χ3v) is 5.17. The van der Waals surface area contributed by atoms with Crippen molar-refractivity contribution in [1.82, 2.24) is 4.90 Å².